The lowest BCUT2D eigenvalue weighted by atomic mass is 10.0. The minimum Gasteiger partial charge on any atom is -0.454 e. The van der Waals surface area contributed by atoms with Crippen LogP contribution in [0.5, 0.6) is 11.5 Å². The Morgan fingerprint density at radius 1 is 0.938 bits per heavy atom. The van der Waals surface area contributed by atoms with E-state index in [4.69, 9.17) is 9.47 Å². The minimum absolute atomic E-state index is 0.0396. The zero-order valence-corrected chi connectivity index (χ0v) is 18.6. The zero-order valence-electron chi connectivity index (χ0n) is 18.6. The zero-order chi connectivity index (χ0) is 22.7. The van der Waals surface area contributed by atoms with Crippen LogP contribution in [0.15, 0.2) is 60.7 Å². The van der Waals surface area contributed by atoms with Crippen molar-refractivity contribution < 1.29 is 19.1 Å². The molecule has 0 saturated heterocycles. The predicted octanol–water partition coefficient (Wildman–Crippen LogP) is 3.91. The second-order valence-corrected chi connectivity index (χ2v) is 8.53. The first-order valence-corrected chi connectivity index (χ1v) is 10.8. The van der Waals surface area contributed by atoms with E-state index in [9.17, 15) is 9.59 Å². The Bertz CT molecular complexity index is 1140. The number of hydrogen-bond acceptors (Lipinski definition) is 4. The van der Waals surface area contributed by atoms with Crippen LogP contribution in [0.3, 0.4) is 0 Å². The van der Waals surface area contributed by atoms with Gasteiger partial charge in [0.1, 0.15) is 6.04 Å². The maximum absolute atomic E-state index is 13.1. The van der Waals surface area contributed by atoms with Crippen molar-refractivity contribution in [3.05, 3.63) is 71.8 Å². The molecule has 1 heterocycles. The summed E-state index contributed by atoms with van der Waals surface area (Å²) in [7, 11) is 1.75. The van der Waals surface area contributed by atoms with Crippen LogP contribution in [0.2, 0.25) is 0 Å². The van der Waals surface area contributed by atoms with Crippen LogP contribution in [0, 0.1) is 5.92 Å². The fraction of sp³-hybridized carbons (Fsp3) is 0.308. The van der Waals surface area contributed by atoms with E-state index in [1.54, 1.807) is 11.9 Å². The quantitative estimate of drug-likeness (QED) is 0.615. The number of ether oxygens (including phenoxy) is 2. The highest BCUT2D eigenvalue weighted by molar-refractivity contribution is 5.89. The molecule has 2 amide bonds. The Balaban J connectivity index is 1.40. The smallest absolute Gasteiger partial charge is 0.245 e. The third-order valence-corrected chi connectivity index (χ3v) is 5.66. The van der Waals surface area contributed by atoms with E-state index < -0.39 is 6.04 Å². The number of likely N-dealkylation sites (N-methyl/N-ethyl adjacent to an activating group) is 1. The lowest BCUT2D eigenvalue weighted by Crippen LogP contribution is -2.50. The first-order chi connectivity index (χ1) is 15.4. The van der Waals surface area contributed by atoms with Gasteiger partial charge in [0.25, 0.3) is 0 Å². The normalized spacial score (nSPS) is 13.2. The van der Waals surface area contributed by atoms with Crippen molar-refractivity contribution in [1.82, 2.24) is 10.2 Å². The fourth-order valence-electron chi connectivity index (χ4n) is 3.90. The maximum Gasteiger partial charge on any atom is 0.245 e. The summed E-state index contributed by atoms with van der Waals surface area (Å²) in [6, 6.07) is 19.1. The van der Waals surface area contributed by atoms with Crippen LogP contribution in [-0.4, -0.2) is 36.6 Å². The standard InChI is InChI=1S/C26H28N2O4/c1-17(2)25(26(30)28(3)15-19-9-11-22-23(13-19)32-16-31-22)27-24(29)14-18-8-10-20-6-4-5-7-21(20)12-18/h4-13,17,25H,14-16H2,1-3H3,(H,27,29). The van der Waals surface area contributed by atoms with E-state index in [0.717, 1.165) is 21.9 Å². The molecule has 0 saturated carbocycles. The molecule has 1 unspecified atom stereocenters. The van der Waals surface area contributed by atoms with Gasteiger partial charge in [0.05, 0.1) is 6.42 Å². The predicted molar refractivity (Wildman–Crippen MR) is 123 cm³/mol. The molecule has 32 heavy (non-hydrogen) atoms. The summed E-state index contributed by atoms with van der Waals surface area (Å²) in [5.74, 6) is 1.08. The van der Waals surface area contributed by atoms with Crippen LogP contribution in [0.25, 0.3) is 10.8 Å². The van der Waals surface area contributed by atoms with Crippen molar-refractivity contribution in [2.45, 2.75) is 32.9 Å². The Kier molecular flexibility index (Phi) is 6.30. The molecule has 6 nitrogen and oxygen atoms in total. The summed E-state index contributed by atoms with van der Waals surface area (Å²) < 4.78 is 10.8. The Morgan fingerprint density at radius 3 is 2.44 bits per heavy atom. The summed E-state index contributed by atoms with van der Waals surface area (Å²) in [6.07, 6.45) is 0.229. The first-order valence-electron chi connectivity index (χ1n) is 10.8. The highest BCUT2D eigenvalue weighted by Gasteiger charge is 2.27. The van der Waals surface area contributed by atoms with Crippen molar-refractivity contribution in [2.75, 3.05) is 13.8 Å². The van der Waals surface area contributed by atoms with Crippen molar-refractivity contribution in [2.24, 2.45) is 5.92 Å². The van der Waals surface area contributed by atoms with Crippen LogP contribution >= 0.6 is 0 Å². The van der Waals surface area contributed by atoms with Crippen molar-refractivity contribution in [3.8, 4) is 11.5 Å². The summed E-state index contributed by atoms with van der Waals surface area (Å²) in [4.78, 5) is 27.5. The van der Waals surface area contributed by atoms with Gasteiger partial charge in [-0.3, -0.25) is 9.59 Å². The molecule has 1 aliphatic rings. The molecule has 0 aromatic heterocycles. The Morgan fingerprint density at radius 2 is 1.66 bits per heavy atom. The van der Waals surface area contributed by atoms with Gasteiger partial charge < -0.3 is 19.7 Å². The topological polar surface area (TPSA) is 67.9 Å². The van der Waals surface area contributed by atoms with Gasteiger partial charge in [-0.25, -0.2) is 0 Å². The lowest BCUT2D eigenvalue weighted by Gasteiger charge is -2.27. The van der Waals surface area contributed by atoms with E-state index in [0.29, 0.717) is 18.0 Å². The maximum atomic E-state index is 13.1. The van der Waals surface area contributed by atoms with E-state index in [1.807, 2.05) is 74.5 Å². The molecule has 0 radical (unpaired) electrons. The number of carbonyl (C=O) groups excluding carboxylic acids is 2. The SMILES string of the molecule is CC(C)C(NC(=O)Cc1ccc2ccccc2c1)C(=O)N(C)Cc1ccc2c(c1)OCO2. The van der Waals surface area contributed by atoms with Crippen LogP contribution < -0.4 is 14.8 Å². The van der Waals surface area contributed by atoms with Gasteiger partial charge in [-0.15, -0.1) is 0 Å². The first kappa shape index (κ1) is 21.7. The number of hydrogen-bond donors (Lipinski definition) is 1. The minimum atomic E-state index is -0.595. The number of amides is 2. The third-order valence-electron chi connectivity index (χ3n) is 5.66. The number of nitrogens with one attached hydrogen (secondary N) is 1. The van der Waals surface area contributed by atoms with Crippen molar-refractivity contribution in [1.29, 1.82) is 0 Å². The molecule has 0 bridgehead atoms. The van der Waals surface area contributed by atoms with Gasteiger partial charge in [-0.05, 0) is 39.9 Å². The van der Waals surface area contributed by atoms with Crippen LogP contribution in [0.1, 0.15) is 25.0 Å². The number of nitrogens with zero attached hydrogens (tertiary/aromatic N) is 1. The molecule has 1 aliphatic heterocycles. The summed E-state index contributed by atoms with van der Waals surface area (Å²) in [5.41, 5.74) is 1.86. The molecule has 4 rings (SSSR count). The largest absolute Gasteiger partial charge is 0.454 e. The average molecular weight is 433 g/mol. The molecule has 166 valence electrons. The van der Waals surface area contributed by atoms with Gasteiger partial charge >= 0.3 is 0 Å². The average Bonchev–Trinajstić information content (AvgIpc) is 3.24. The highest BCUT2D eigenvalue weighted by Crippen LogP contribution is 2.32. The van der Waals surface area contributed by atoms with Gasteiger partial charge in [0, 0.05) is 13.6 Å². The molecule has 0 spiro atoms. The molecule has 6 heteroatoms. The molecule has 0 fully saturated rings. The van der Waals surface area contributed by atoms with Crippen LogP contribution in [0.4, 0.5) is 0 Å². The van der Waals surface area contributed by atoms with Crippen molar-refractivity contribution in [3.63, 3.8) is 0 Å². The summed E-state index contributed by atoms with van der Waals surface area (Å²) in [5, 5.41) is 5.18. The van der Waals surface area contributed by atoms with Gasteiger partial charge in [0.15, 0.2) is 11.5 Å². The lowest BCUT2D eigenvalue weighted by molar-refractivity contribution is -0.136. The monoisotopic (exact) mass is 432 g/mol. The van der Waals surface area contributed by atoms with Crippen LogP contribution in [-0.2, 0) is 22.6 Å². The van der Waals surface area contributed by atoms with Gasteiger partial charge in [-0.2, -0.15) is 0 Å². The molecular weight excluding hydrogens is 404 g/mol. The molecule has 1 atom stereocenters. The summed E-state index contributed by atoms with van der Waals surface area (Å²) >= 11 is 0. The van der Waals surface area contributed by atoms with E-state index in [1.165, 1.54) is 0 Å². The Labute approximate surface area is 188 Å². The number of benzene rings is 3. The second kappa shape index (κ2) is 9.30. The summed E-state index contributed by atoms with van der Waals surface area (Å²) in [6.45, 7) is 4.51. The van der Waals surface area contributed by atoms with Gasteiger partial charge in [0.2, 0.25) is 18.6 Å². The molecule has 0 aliphatic carbocycles. The fourth-order valence-corrected chi connectivity index (χ4v) is 3.90. The van der Waals surface area contributed by atoms with Gasteiger partial charge in [-0.1, -0.05) is 62.4 Å². The number of rotatable bonds is 7. The Hall–Kier alpha value is -3.54. The third kappa shape index (κ3) is 4.85. The van der Waals surface area contributed by atoms with Crippen molar-refractivity contribution >= 4 is 22.6 Å². The molecule has 1 N–H and O–H groups in total. The second-order valence-electron chi connectivity index (χ2n) is 8.53. The highest BCUT2D eigenvalue weighted by atomic mass is 16.7. The van der Waals surface area contributed by atoms with E-state index in [2.05, 4.69) is 5.32 Å². The van der Waals surface area contributed by atoms with E-state index >= 15 is 0 Å². The van der Waals surface area contributed by atoms with E-state index in [-0.39, 0.29) is 30.9 Å². The molecule has 3 aromatic rings. The number of fused-ring (bicyclic) bond motifs is 2. The molecular formula is C26H28N2O4. The molecule has 3 aromatic carbocycles. The number of carbonyl (C=O) groups is 2.